The van der Waals surface area contributed by atoms with Crippen LogP contribution in [0.1, 0.15) is 30.1 Å². The van der Waals surface area contributed by atoms with Crippen molar-refractivity contribution < 1.29 is 14.3 Å². The number of unbranched alkanes of at least 4 members (excludes halogenated alkanes) is 1. The monoisotopic (exact) mass is 392 g/mol. The van der Waals surface area contributed by atoms with E-state index < -0.39 is 0 Å². The van der Waals surface area contributed by atoms with Gasteiger partial charge in [0.05, 0.1) is 19.4 Å². The molecule has 1 amide bonds. The first-order chi connectivity index (χ1) is 12.5. The van der Waals surface area contributed by atoms with E-state index >= 15 is 0 Å². The summed E-state index contributed by atoms with van der Waals surface area (Å²) in [6.45, 7) is 2.71. The van der Waals surface area contributed by atoms with E-state index in [0.717, 1.165) is 12.8 Å². The lowest BCUT2D eigenvalue weighted by Gasteiger charge is -2.13. The zero-order chi connectivity index (χ0) is 18.9. The van der Waals surface area contributed by atoms with Crippen molar-refractivity contribution in [3.8, 4) is 11.5 Å². The van der Waals surface area contributed by atoms with Gasteiger partial charge in [-0.25, -0.2) is 0 Å². The van der Waals surface area contributed by atoms with Crippen molar-refractivity contribution in [2.45, 2.75) is 19.8 Å². The van der Waals surface area contributed by atoms with Gasteiger partial charge in [0.1, 0.15) is 11.5 Å². The molecule has 0 unspecified atom stereocenters. The van der Waals surface area contributed by atoms with Gasteiger partial charge in [-0.1, -0.05) is 31.0 Å². The fraction of sp³-hybridized carbons (Fsp3) is 0.263. The number of hydrogen-bond acceptors (Lipinski definition) is 4. The molecule has 2 rings (SSSR count). The van der Waals surface area contributed by atoms with Gasteiger partial charge < -0.3 is 14.8 Å². The van der Waals surface area contributed by atoms with Crippen LogP contribution in [-0.2, 0) is 0 Å². The fourth-order valence-corrected chi connectivity index (χ4v) is 2.54. The van der Waals surface area contributed by atoms with Crippen LogP contribution in [0.15, 0.2) is 42.5 Å². The van der Waals surface area contributed by atoms with Crippen LogP contribution in [0.4, 0.5) is 5.69 Å². The van der Waals surface area contributed by atoms with E-state index in [1.165, 1.54) is 0 Å². The third kappa shape index (κ3) is 5.89. The lowest BCUT2D eigenvalue weighted by atomic mass is 10.2. The van der Waals surface area contributed by atoms with Crippen molar-refractivity contribution in [1.82, 2.24) is 5.32 Å². The molecular formula is C19H21ClN2O3S. The smallest absolute Gasteiger partial charge is 0.257 e. The number of rotatable bonds is 7. The number of halogens is 1. The molecule has 5 nitrogen and oxygen atoms in total. The Morgan fingerprint density at radius 2 is 2.04 bits per heavy atom. The standard InChI is InChI=1S/C19H21ClN2O3S/c1-3-4-10-25-15-7-5-6-13(11-15)18(23)22-19(26)21-16-12-14(20)8-9-17(16)24-2/h5-9,11-12H,3-4,10H2,1-2H3,(H2,21,22,23,26). The van der Waals surface area contributed by atoms with Gasteiger partial charge in [-0.3, -0.25) is 10.1 Å². The third-order valence-electron chi connectivity index (χ3n) is 3.50. The van der Waals surface area contributed by atoms with Gasteiger partial charge in [0.25, 0.3) is 5.91 Å². The normalized spacial score (nSPS) is 10.1. The molecule has 0 spiro atoms. The second-order valence-electron chi connectivity index (χ2n) is 5.48. The molecule has 0 fully saturated rings. The molecule has 0 radical (unpaired) electrons. The predicted octanol–water partition coefficient (Wildman–Crippen LogP) is 4.65. The molecule has 0 heterocycles. The zero-order valence-corrected chi connectivity index (χ0v) is 16.2. The lowest BCUT2D eigenvalue weighted by molar-refractivity contribution is 0.0977. The van der Waals surface area contributed by atoms with Gasteiger partial charge >= 0.3 is 0 Å². The summed E-state index contributed by atoms with van der Waals surface area (Å²) >= 11 is 11.2. The minimum atomic E-state index is -0.329. The molecule has 0 atom stereocenters. The van der Waals surface area contributed by atoms with Crippen molar-refractivity contribution in [3.05, 3.63) is 53.1 Å². The fourth-order valence-electron chi connectivity index (χ4n) is 2.17. The highest BCUT2D eigenvalue weighted by atomic mass is 35.5. The van der Waals surface area contributed by atoms with Gasteiger partial charge in [0, 0.05) is 10.6 Å². The molecule has 2 aromatic rings. The number of amides is 1. The van der Waals surface area contributed by atoms with E-state index in [4.69, 9.17) is 33.3 Å². The van der Waals surface area contributed by atoms with Crippen LogP contribution in [0, 0.1) is 0 Å². The van der Waals surface area contributed by atoms with E-state index in [0.29, 0.717) is 34.4 Å². The first kappa shape index (κ1) is 20.0. The van der Waals surface area contributed by atoms with Gasteiger partial charge in [-0.15, -0.1) is 0 Å². The molecule has 2 N–H and O–H groups in total. The molecule has 0 aliphatic rings. The summed E-state index contributed by atoms with van der Waals surface area (Å²) in [6.07, 6.45) is 2.01. The number of ether oxygens (including phenoxy) is 2. The Morgan fingerprint density at radius 3 is 2.77 bits per heavy atom. The van der Waals surface area contributed by atoms with Crippen molar-refractivity contribution in [2.75, 3.05) is 19.0 Å². The number of benzene rings is 2. The van der Waals surface area contributed by atoms with Crippen LogP contribution in [0.5, 0.6) is 11.5 Å². The average Bonchev–Trinajstić information content (AvgIpc) is 2.62. The minimum absolute atomic E-state index is 0.146. The van der Waals surface area contributed by atoms with E-state index in [9.17, 15) is 4.79 Å². The molecule has 2 aromatic carbocycles. The number of thiocarbonyl (C=S) groups is 1. The average molecular weight is 393 g/mol. The van der Waals surface area contributed by atoms with Gasteiger partial charge in [-0.2, -0.15) is 0 Å². The van der Waals surface area contributed by atoms with Crippen LogP contribution in [0.2, 0.25) is 5.02 Å². The Labute approximate surface area is 163 Å². The summed E-state index contributed by atoms with van der Waals surface area (Å²) < 4.78 is 10.9. The van der Waals surface area contributed by atoms with Gasteiger partial charge in [0.2, 0.25) is 0 Å². The highest BCUT2D eigenvalue weighted by molar-refractivity contribution is 7.80. The van der Waals surface area contributed by atoms with Crippen molar-refractivity contribution in [2.24, 2.45) is 0 Å². The summed E-state index contributed by atoms with van der Waals surface area (Å²) in [5.41, 5.74) is 1.03. The molecule has 0 aliphatic carbocycles. The molecule has 138 valence electrons. The first-order valence-electron chi connectivity index (χ1n) is 8.22. The SMILES string of the molecule is CCCCOc1cccc(C(=O)NC(=S)Nc2cc(Cl)ccc2OC)c1. The lowest BCUT2D eigenvalue weighted by Crippen LogP contribution is -2.34. The summed E-state index contributed by atoms with van der Waals surface area (Å²) in [4.78, 5) is 12.4. The zero-order valence-electron chi connectivity index (χ0n) is 14.7. The highest BCUT2D eigenvalue weighted by Crippen LogP contribution is 2.27. The third-order valence-corrected chi connectivity index (χ3v) is 3.94. The van der Waals surface area contributed by atoms with Crippen LogP contribution in [0.25, 0.3) is 0 Å². The van der Waals surface area contributed by atoms with E-state index in [-0.39, 0.29) is 11.0 Å². The topological polar surface area (TPSA) is 59.6 Å². The Hall–Kier alpha value is -2.31. The second-order valence-corrected chi connectivity index (χ2v) is 6.33. The van der Waals surface area contributed by atoms with E-state index in [1.807, 2.05) is 6.07 Å². The highest BCUT2D eigenvalue weighted by Gasteiger charge is 2.11. The number of carbonyl (C=O) groups excluding carboxylic acids is 1. The summed E-state index contributed by atoms with van der Waals surface area (Å²) in [5.74, 6) is 0.892. The largest absolute Gasteiger partial charge is 0.495 e. The Balaban J connectivity index is 2.00. The maximum atomic E-state index is 12.4. The molecule has 0 aliphatic heterocycles. The molecule has 0 bridgehead atoms. The summed E-state index contributed by atoms with van der Waals surface area (Å²) in [7, 11) is 1.54. The summed E-state index contributed by atoms with van der Waals surface area (Å²) in [5, 5.41) is 6.23. The van der Waals surface area contributed by atoms with Crippen LogP contribution >= 0.6 is 23.8 Å². The number of anilines is 1. The quantitative estimate of drug-likeness (QED) is 0.530. The molecule has 0 saturated carbocycles. The molecule has 26 heavy (non-hydrogen) atoms. The molecular weight excluding hydrogens is 372 g/mol. The number of carbonyl (C=O) groups is 1. The maximum absolute atomic E-state index is 12.4. The molecule has 0 aromatic heterocycles. The van der Waals surface area contributed by atoms with Gasteiger partial charge in [0.15, 0.2) is 5.11 Å². The summed E-state index contributed by atoms with van der Waals surface area (Å²) in [6, 6.07) is 12.1. The van der Waals surface area contributed by atoms with E-state index in [2.05, 4.69) is 17.6 Å². The minimum Gasteiger partial charge on any atom is -0.495 e. The Kier molecular flexibility index (Phi) is 7.69. The van der Waals surface area contributed by atoms with E-state index in [1.54, 1.807) is 43.5 Å². The molecule has 0 saturated heterocycles. The maximum Gasteiger partial charge on any atom is 0.257 e. The number of methoxy groups -OCH3 is 1. The van der Waals surface area contributed by atoms with Crippen LogP contribution < -0.4 is 20.1 Å². The predicted molar refractivity (Wildman–Crippen MR) is 109 cm³/mol. The molecule has 7 heteroatoms. The Morgan fingerprint density at radius 1 is 1.23 bits per heavy atom. The first-order valence-corrected chi connectivity index (χ1v) is 9.01. The van der Waals surface area contributed by atoms with Crippen molar-refractivity contribution in [3.63, 3.8) is 0 Å². The van der Waals surface area contributed by atoms with Crippen LogP contribution in [-0.4, -0.2) is 24.7 Å². The van der Waals surface area contributed by atoms with Gasteiger partial charge in [-0.05, 0) is 55.0 Å². The Bertz CT molecular complexity index is 783. The number of hydrogen-bond donors (Lipinski definition) is 2. The van der Waals surface area contributed by atoms with Crippen molar-refractivity contribution >= 4 is 40.5 Å². The number of nitrogens with one attached hydrogen (secondary N) is 2. The van der Waals surface area contributed by atoms with Crippen molar-refractivity contribution in [1.29, 1.82) is 0 Å². The second kappa shape index (κ2) is 9.99. The van der Waals surface area contributed by atoms with Crippen LogP contribution in [0.3, 0.4) is 0 Å².